The first-order valence-corrected chi connectivity index (χ1v) is 8.63. The van der Waals surface area contributed by atoms with E-state index >= 15 is 0 Å². The Kier molecular flexibility index (Phi) is 5.52. The van der Waals surface area contributed by atoms with Gasteiger partial charge >= 0.3 is 0 Å². The average Bonchev–Trinajstić information content (AvgIpc) is 2.07. The van der Waals surface area contributed by atoms with Crippen LogP contribution < -0.4 is 0 Å². The van der Waals surface area contributed by atoms with Crippen LogP contribution in [0.5, 0.6) is 0 Å². The fourth-order valence-corrected chi connectivity index (χ4v) is 1.99. The summed E-state index contributed by atoms with van der Waals surface area (Å²) in [7, 11) is 0. The third kappa shape index (κ3) is 3.54. The molecule has 0 saturated carbocycles. The zero-order chi connectivity index (χ0) is 8.97. The van der Waals surface area contributed by atoms with Gasteiger partial charge in [-0.3, -0.25) is 0 Å². The van der Waals surface area contributed by atoms with E-state index in [4.69, 9.17) is 4.52 Å². The average molecular weight is 425 g/mol. The molecule has 0 amide bonds. The van der Waals surface area contributed by atoms with Crippen molar-refractivity contribution in [1.82, 2.24) is 4.98 Å². The molecule has 66 valence electrons. The van der Waals surface area contributed by atoms with Crippen LogP contribution in [0.4, 0.5) is 0 Å². The van der Waals surface area contributed by atoms with Gasteiger partial charge in [-0.05, 0) is 66.0 Å². The topological polar surface area (TPSA) is 22.1 Å². The van der Waals surface area contributed by atoms with Crippen molar-refractivity contribution in [2.24, 2.45) is 0 Å². The summed E-state index contributed by atoms with van der Waals surface area (Å²) < 4.78 is 7.08. The fraction of sp³-hybridized carbons (Fsp3) is 0.167. The Balaban J connectivity index is 2.75. The highest BCUT2D eigenvalue weighted by Gasteiger charge is 2.01. The standard InChI is InChI=1S/C6H5Br2INOP/c7-4-1-2-6(8)10-5(4)3-11-12-9/h1-2,12H,3H2. The zero-order valence-corrected chi connectivity index (χ0v) is 12.2. The predicted octanol–water partition coefficient (Wildman–Crippen LogP) is 4.07. The van der Waals surface area contributed by atoms with Crippen molar-refractivity contribution in [3.05, 3.63) is 26.9 Å². The molecular weight excluding hydrogens is 420 g/mol. The Morgan fingerprint density at radius 1 is 1.50 bits per heavy atom. The number of hydrogen-bond acceptors (Lipinski definition) is 2. The number of aromatic nitrogens is 1. The van der Waals surface area contributed by atoms with E-state index in [1.807, 2.05) is 12.1 Å². The molecule has 0 fully saturated rings. The van der Waals surface area contributed by atoms with Gasteiger partial charge in [-0.2, -0.15) is 0 Å². The van der Waals surface area contributed by atoms with Crippen LogP contribution in [0.15, 0.2) is 21.2 Å². The van der Waals surface area contributed by atoms with Crippen LogP contribution >= 0.6 is 60.4 Å². The molecule has 1 rings (SSSR count). The maximum absolute atomic E-state index is 5.26. The van der Waals surface area contributed by atoms with Crippen molar-refractivity contribution >= 4 is 60.4 Å². The van der Waals surface area contributed by atoms with Gasteiger partial charge in [0.05, 0.1) is 18.8 Å². The van der Waals surface area contributed by atoms with E-state index in [0.29, 0.717) is 13.1 Å². The number of rotatable bonds is 3. The SMILES string of the molecule is Brc1ccc(Br)c(COPI)n1. The van der Waals surface area contributed by atoms with Gasteiger partial charge in [-0.25, -0.2) is 4.98 Å². The van der Waals surface area contributed by atoms with E-state index in [0.717, 1.165) is 14.8 Å². The first kappa shape index (κ1) is 11.3. The lowest BCUT2D eigenvalue weighted by Crippen LogP contribution is -1.91. The Labute approximate surface area is 102 Å². The summed E-state index contributed by atoms with van der Waals surface area (Å²) in [5.74, 6) is 0. The van der Waals surface area contributed by atoms with Gasteiger partial charge in [0.1, 0.15) is 4.60 Å². The minimum absolute atomic E-state index is 0.470. The molecule has 0 saturated heterocycles. The highest BCUT2D eigenvalue weighted by molar-refractivity contribution is 14.2. The first-order chi connectivity index (χ1) is 5.74. The third-order valence-electron chi connectivity index (χ3n) is 1.15. The van der Waals surface area contributed by atoms with E-state index in [1.165, 1.54) is 0 Å². The van der Waals surface area contributed by atoms with Crippen molar-refractivity contribution in [2.75, 3.05) is 0 Å². The lowest BCUT2D eigenvalue weighted by atomic mass is 10.4. The molecule has 0 aliphatic rings. The monoisotopic (exact) mass is 423 g/mol. The van der Waals surface area contributed by atoms with Crippen molar-refractivity contribution in [1.29, 1.82) is 0 Å². The Morgan fingerprint density at radius 2 is 2.25 bits per heavy atom. The van der Waals surface area contributed by atoms with Gasteiger partial charge in [0.25, 0.3) is 0 Å². The number of pyridine rings is 1. The molecule has 1 unspecified atom stereocenters. The minimum Gasteiger partial charge on any atom is -0.345 e. The zero-order valence-electron chi connectivity index (χ0n) is 5.85. The molecular formula is C6H5Br2INOP. The lowest BCUT2D eigenvalue weighted by Gasteiger charge is -2.02. The van der Waals surface area contributed by atoms with E-state index in [-0.39, 0.29) is 0 Å². The van der Waals surface area contributed by atoms with Gasteiger partial charge in [-0.15, -0.1) is 0 Å². The van der Waals surface area contributed by atoms with Gasteiger partial charge in [-0.1, -0.05) is 0 Å². The number of hydrogen-bond donors (Lipinski definition) is 0. The highest BCUT2D eigenvalue weighted by atomic mass is 127. The predicted molar refractivity (Wildman–Crippen MR) is 66.8 cm³/mol. The van der Waals surface area contributed by atoms with Gasteiger partial charge in [0.2, 0.25) is 0 Å². The minimum atomic E-state index is 0.470. The molecule has 1 heterocycles. The molecule has 2 nitrogen and oxygen atoms in total. The van der Waals surface area contributed by atoms with Crippen LogP contribution in [0.3, 0.4) is 0 Å². The Bertz CT molecular complexity index is 274. The van der Waals surface area contributed by atoms with E-state index in [1.54, 1.807) is 0 Å². The molecule has 1 aromatic rings. The second-order valence-corrected chi connectivity index (χ2v) is 5.36. The summed E-state index contributed by atoms with van der Waals surface area (Å²) in [6.07, 6.45) is 0. The highest BCUT2D eigenvalue weighted by Crippen LogP contribution is 2.26. The lowest BCUT2D eigenvalue weighted by molar-refractivity contribution is 0.353. The summed E-state index contributed by atoms with van der Waals surface area (Å²) >= 11 is 8.88. The molecule has 1 aromatic heterocycles. The van der Waals surface area contributed by atoms with Gasteiger partial charge in [0, 0.05) is 4.47 Å². The first-order valence-electron chi connectivity index (χ1n) is 3.02. The van der Waals surface area contributed by atoms with Crippen LogP contribution in [-0.2, 0) is 11.1 Å². The smallest absolute Gasteiger partial charge is 0.106 e. The summed E-state index contributed by atoms with van der Waals surface area (Å²) in [5, 5.41) is 0. The molecule has 0 bridgehead atoms. The van der Waals surface area contributed by atoms with Crippen LogP contribution in [-0.4, -0.2) is 4.98 Å². The summed E-state index contributed by atoms with van der Waals surface area (Å²) in [6, 6.07) is 3.84. The summed E-state index contributed by atoms with van der Waals surface area (Å²) in [5.41, 5.74) is 0.925. The third-order valence-corrected chi connectivity index (χ3v) is 3.50. The second kappa shape index (κ2) is 5.86. The fourth-order valence-electron chi connectivity index (χ4n) is 0.655. The van der Waals surface area contributed by atoms with E-state index in [2.05, 4.69) is 58.9 Å². The van der Waals surface area contributed by atoms with Crippen LogP contribution in [0.1, 0.15) is 5.69 Å². The molecule has 0 N–H and O–H groups in total. The van der Waals surface area contributed by atoms with Crippen LogP contribution in [0.25, 0.3) is 0 Å². The molecule has 6 heteroatoms. The van der Waals surface area contributed by atoms with Crippen LogP contribution in [0, 0.1) is 0 Å². The van der Waals surface area contributed by atoms with Crippen LogP contribution in [0.2, 0.25) is 0 Å². The van der Waals surface area contributed by atoms with E-state index in [9.17, 15) is 0 Å². The number of halogens is 3. The van der Waals surface area contributed by atoms with Gasteiger partial charge < -0.3 is 4.52 Å². The van der Waals surface area contributed by atoms with E-state index < -0.39 is 0 Å². The molecule has 0 spiro atoms. The molecule has 1 atom stereocenters. The quantitative estimate of drug-likeness (QED) is 0.414. The Hall–Kier alpha value is 1.23. The largest absolute Gasteiger partial charge is 0.345 e. The molecule has 12 heavy (non-hydrogen) atoms. The normalized spacial score (nSPS) is 11.2. The van der Waals surface area contributed by atoms with Crippen molar-refractivity contribution < 1.29 is 4.52 Å². The van der Waals surface area contributed by atoms with Gasteiger partial charge in [0.15, 0.2) is 0 Å². The molecule has 0 aliphatic heterocycles. The van der Waals surface area contributed by atoms with Crippen molar-refractivity contribution in [2.45, 2.75) is 6.61 Å². The summed E-state index contributed by atoms with van der Waals surface area (Å²) in [6.45, 7) is 1.03. The number of nitrogens with zero attached hydrogens (tertiary/aromatic N) is 1. The van der Waals surface area contributed by atoms with Crippen molar-refractivity contribution in [3.63, 3.8) is 0 Å². The second-order valence-electron chi connectivity index (χ2n) is 1.93. The maximum atomic E-state index is 5.26. The molecule has 0 aromatic carbocycles. The summed E-state index contributed by atoms with van der Waals surface area (Å²) in [4.78, 5) is 4.26. The molecule has 0 aliphatic carbocycles. The van der Waals surface area contributed by atoms with Crippen molar-refractivity contribution in [3.8, 4) is 0 Å². The maximum Gasteiger partial charge on any atom is 0.106 e. The Morgan fingerprint density at radius 3 is 2.92 bits per heavy atom. The molecule has 0 radical (unpaired) electrons.